The predicted octanol–water partition coefficient (Wildman–Crippen LogP) is 4.79. The van der Waals surface area contributed by atoms with Crippen LogP contribution in [0.15, 0.2) is 0 Å². The lowest BCUT2D eigenvalue weighted by Crippen LogP contribution is -2.42. The van der Waals surface area contributed by atoms with E-state index in [0.29, 0.717) is 29.4 Å². The van der Waals surface area contributed by atoms with Gasteiger partial charge in [0, 0.05) is 19.5 Å². The molecule has 0 aromatic carbocycles. The zero-order valence-corrected chi connectivity index (χ0v) is 16.1. The van der Waals surface area contributed by atoms with Crippen LogP contribution >= 0.6 is 0 Å². The van der Waals surface area contributed by atoms with Crippen LogP contribution in [0.2, 0.25) is 0 Å². The molecular formula is C21H37NO2. The van der Waals surface area contributed by atoms with Crippen LogP contribution in [0.25, 0.3) is 0 Å². The fourth-order valence-corrected chi connectivity index (χ4v) is 5.61. The van der Waals surface area contributed by atoms with E-state index in [1.807, 2.05) is 0 Å². The molecule has 1 heterocycles. The molecule has 3 fully saturated rings. The molecule has 1 aliphatic heterocycles. The third-order valence-electron chi connectivity index (χ3n) is 6.42. The van der Waals surface area contributed by atoms with E-state index >= 15 is 0 Å². The van der Waals surface area contributed by atoms with Crippen molar-refractivity contribution in [2.24, 2.45) is 17.3 Å². The van der Waals surface area contributed by atoms with Gasteiger partial charge in [0.25, 0.3) is 0 Å². The average Bonchev–Trinajstić information content (AvgIpc) is 2.98. The van der Waals surface area contributed by atoms with Crippen LogP contribution in [0.5, 0.6) is 0 Å². The summed E-state index contributed by atoms with van der Waals surface area (Å²) in [6.07, 6.45) is 12.6. The summed E-state index contributed by atoms with van der Waals surface area (Å²) in [6, 6.07) is 0. The van der Waals surface area contributed by atoms with Crippen molar-refractivity contribution < 1.29 is 9.53 Å². The topological polar surface area (TPSA) is 29.5 Å². The Labute approximate surface area is 148 Å². The summed E-state index contributed by atoms with van der Waals surface area (Å²) in [6.45, 7) is 8.89. The van der Waals surface area contributed by atoms with Crippen molar-refractivity contribution in [3.8, 4) is 0 Å². The summed E-state index contributed by atoms with van der Waals surface area (Å²) in [5.41, 5.74) is 0.407. The number of nitrogens with zero attached hydrogens (tertiary/aromatic N) is 1. The Balaban J connectivity index is 1.41. The SMILES string of the molecule is CC1CC(CC(=O)N2CCC(OC3CCCC3)CC2)CC(C)(C)C1. The second kappa shape index (κ2) is 7.76. The zero-order chi connectivity index (χ0) is 17.2. The molecule has 3 aliphatic rings. The summed E-state index contributed by atoms with van der Waals surface area (Å²) in [4.78, 5) is 14.8. The van der Waals surface area contributed by atoms with Gasteiger partial charge in [-0.3, -0.25) is 4.79 Å². The second-order valence-electron chi connectivity index (χ2n) is 9.61. The molecular weight excluding hydrogens is 298 g/mol. The summed E-state index contributed by atoms with van der Waals surface area (Å²) < 4.78 is 6.23. The normalized spacial score (nSPS) is 32.2. The summed E-state index contributed by atoms with van der Waals surface area (Å²) in [5, 5.41) is 0. The first-order valence-electron chi connectivity index (χ1n) is 10.3. The lowest BCUT2D eigenvalue weighted by molar-refractivity contribution is -0.136. The molecule has 0 aromatic heterocycles. The summed E-state index contributed by atoms with van der Waals surface area (Å²) >= 11 is 0. The molecule has 2 aliphatic carbocycles. The number of piperidine rings is 1. The highest BCUT2D eigenvalue weighted by molar-refractivity contribution is 5.76. The minimum Gasteiger partial charge on any atom is -0.375 e. The Morgan fingerprint density at radius 2 is 1.67 bits per heavy atom. The highest BCUT2D eigenvalue weighted by Crippen LogP contribution is 2.43. The Morgan fingerprint density at radius 3 is 2.29 bits per heavy atom. The van der Waals surface area contributed by atoms with E-state index in [1.54, 1.807) is 0 Å². The van der Waals surface area contributed by atoms with Crippen LogP contribution < -0.4 is 0 Å². The van der Waals surface area contributed by atoms with Crippen molar-refractivity contribution in [2.75, 3.05) is 13.1 Å². The van der Waals surface area contributed by atoms with E-state index in [9.17, 15) is 4.79 Å². The van der Waals surface area contributed by atoms with Crippen LogP contribution in [-0.2, 0) is 9.53 Å². The molecule has 138 valence electrons. The number of rotatable bonds is 4. The highest BCUT2D eigenvalue weighted by atomic mass is 16.5. The van der Waals surface area contributed by atoms with Gasteiger partial charge in [-0.1, -0.05) is 33.6 Å². The molecule has 2 unspecified atom stereocenters. The molecule has 0 bridgehead atoms. The third kappa shape index (κ3) is 4.97. The van der Waals surface area contributed by atoms with Crippen LogP contribution in [0.3, 0.4) is 0 Å². The fourth-order valence-electron chi connectivity index (χ4n) is 5.61. The van der Waals surface area contributed by atoms with Gasteiger partial charge in [-0.05, 0) is 62.2 Å². The van der Waals surface area contributed by atoms with E-state index in [1.165, 1.54) is 44.9 Å². The van der Waals surface area contributed by atoms with Gasteiger partial charge in [0.2, 0.25) is 5.91 Å². The molecule has 0 N–H and O–H groups in total. The number of carbonyl (C=O) groups excluding carboxylic acids is 1. The highest BCUT2D eigenvalue weighted by Gasteiger charge is 2.34. The van der Waals surface area contributed by atoms with Gasteiger partial charge in [-0.25, -0.2) is 0 Å². The Bertz CT molecular complexity index is 420. The van der Waals surface area contributed by atoms with Crippen LogP contribution in [-0.4, -0.2) is 36.1 Å². The largest absolute Gasteiger partial charge is 0.375 e. The van der Waals surface area contributed by atoms with Crippen molar-refractivity contribution >= 4 is 5.91 Å². The smallest absolute Gasteiger partial charge is 0.222 e. The molecule has 2 atom stereocenters. The van der Waals surface area contributed by atoms with Crippen LogP contribution in [0.1, 0.15) is 85.0 Å². The molecule has 3 rings (SSSR count). The standard InChI is InChI=1S/C21H37NO2/c1-16-12-17(15-21(2,3)14-16)13-20(23)22-10-8-19(9-11-22)24-18-6-4-5-7-18/h16-19H,4-15H2,1-3H3. The maximum Gasteiger partial charge on any atom is 0.222 e. The van der Waals surface area contributed by atoms with E-state index in [4.69, 9.17) is 4.74 Å². The first kappa shape index (κ1) is 18.2. The predicted molar refractivity (Wildman–Crippen MR) is 97.8 cm³/mol. The van der Waals surface area contributed by atoms with Gasteiger partial charge in [-0.2, -0.15) is 0 Å². The van der Waals surface area contributed by atoms with Crippen LogP contribution in [0, 0.1) is 17.3 Å². The number of hydrogen-bond donors (Lipinski definition) is 0. The lowest BCUT2D eigenvalue weighted by Gasteiger charge is -2.40. The van der Waals surface area contributed by atoms with E-state index in [0.717, 1.165) is 38.3 Å². The number of likely N-dealkylation sites (tertiary alicyclic amines) is 1. The number of carbonyl (C=O) groups is 1. The molecule has 1 amide bonds. The van der Waals surface area contributed by atoms with Crippen molar-refractivity contribution in [1.29, 1.82) is 0 Å². The first-order valence-corrected chi connectivity index (χ1v) is 10.3. The maximum atomic E-state index is 12.7. The van der Waals surface area contributed by atoms with Gasteiger partial charge in [0.05, 0.1) is 12.2 Å². The Morgan fingerprint density at radius 1 is 1.04 bits per heavy atom. The minimum atomic E-state index is 0.393. The summed E-state index contributed by atoms with van der Waals surface area (Å²) in [7, 11) is 0. The monoisotopic (exact) mass is 335 g/mol. The molecule has 0 aromatic rings. The molecule has 1 saturated heterocycles. The number of amides is 1. The molecule has 0 radical (unpaired) electrons. The summed E-state index contributed by atoms with van der Waals surface area (Å²) in [5.74, 6) is 1.74. The van der Waals surface area contributed by atoms with Gasteiger partial charge in [0.1, 0.15) is 0 Å². The molecule has 2 saturated carbocycles. The molecule has 24 heavy (non-hydrogen) atoms. The molecule has 3 nitrogen and oxygen atoms in total. The van der Waals surface area contributed by atoms with Crippen molar-refractivity contribution in [3.05, 3.63) is 0 Å². The molecule has 3 heteroatoms. The molecule has 0 spiro atoms. The van der Waals surface area contributed by atoms with Gasteiger partial charge >= 0.3 is 0 Å². The van der Waals surface area contributed by atoms with E-state index in [2.05, 4.69) is 25.7 Å². The maximum absolute atomic E-state index is 12.7. The second-order valence-corrected chi connectivity index (χ2v) is 9.61. The third-order valence-corrected chi connectivity index (χ3v) is 6.42. The number of ether oxygens (including phenoxy) is 1. The van der Waals surface area contributed by atoms with Gasteiger partial charge in [-0.15, -0.1) is 0 Å². The zero-order valence-electron chi connectivity index (χ0n) is 16.1. The average molecular weight is 336 g/mol. The van der Waals surface area contributed by atoms with Crippen LogP contribution in [0.4, 0.5) is 0 Å². The van der Waals surface area contributed by atoms with Gasteiger partial charge < -0.3 is 9.64 Å². The lowest BCUT2D eigenvalue weighted by atomic mass is 9.67. The fraction of sp³-hybridized carbons (Fsp3) is 0.952. The minimum absolute atomic E-state index is 0.393. The van der Waals surface area contributed by atoms with Crippen molar-refractivity contribution in [2.45, 2.75) is 97.2 Å². The quantitative estimate of drug-likeness (QED) is 0.739. The Kier molecular flexibility index (Phi) is 5.89. The van der Waals surface area contributed by atoms with E-state index in [-0.39, 0.29) is 0 Å². The van der Waals surface area contributed by atoms with Crippen molar-refractivity contribution in [1.82, 2.24) is 4.90 Å². The Hall–Kier alpha value is -0.570. The number of hydrogen-bond acceptors (Lipinski definition) is 2. The first-order chi connectivity index (χ1) is 11.4. The van der Waals surface area contributed by atoms with E-state index < -0.39 is 0 Å². The van der Waals surface area contributed by atoms with Gasteiger partial charge in [0.15, 0.2) is 0 Å². The van der Waals surface area contributed by atoms with Crippen molar-refractivity contribution in [3.63, 3.8) is 0 Å².